The standard InChI is InChI=1S/C12H10BrFN3/c1-7-15-12(8-5-6-8)17(16-7)10-4-2-3-9(13)11(10)14/h2-4H,5-6H2,1H3. The summed E-state index contributed by atoms with van der Waals surface area (Å²) >= 11 is 3.18. The van der Waals surface area contributed by atoms with E-state index in [2.05, 4.69) is 26.0 Å². The number of rotatable bonds is 2. The maximum Gasteiger partial charge on any atom is 0.163 e. The Morgan fingerprint density at radius 2 is 2.12 bits per heavy atom. The Hall–Kier alpha value is -1.23. The van der Waals surface area contributed by atoms with E-state index in [9.17, 15) is 4.39 Å². The second-order valence-corrected chi connectivity index (χ2v) is 4.93. The molecule has 1 aliphatic rings. The summed E-state index contributed by atoms with van der Waals surface area (Å²) in [5.41, 5.74) is 0.439. The molecule has 2 aromatic rings. The molecule has 0 spiro atoms. The first-order valence-electron chi connectivity index (χ1n) is 5.40. The van der Waals surface area contributed by atoms with Crippen LogP contribution in [0.15, 0.2) is 22.7 Å². The van der Waals surface area contributed by atoms with Gasteiger partial charge < -0.3 is 0 Å². The zero-order valence-corrected chi connectivity index (χ0v) is 10.8. The Morgan fingerprint density at radius 1 is 1.35 bits per heavy atom. The van der Waals surface area contributed by atoms with Crippen LogP contribution in [0.4, 0.5) is 4.39 Å². The number of hydrogen-bond donors (Lipinski definition) is 0. The molecule has 1 fully saturated rings. The summed E-state index contributed by atoms with van der Waals surface area (Å²) in [6.07, 6.45) is 2.07. The van der Waals surface area contributed by atoms with Gasteiger partial charge in [-0.05, 0) is 47.8 Å². The predicted molar refractivity (Wildman–Crippen MR) is 65.3 cm³/mol. The zero-order chi connectivity index (χ0) is 12.0. The number of halogens is 2. The fraction of sp³-hybridized carbons (Fsp3) is 0.250. The highest BCUT2D eigenvalue weighted by molar-refractivity contribution is 9.10. The third-order valence-electron chi connectivity index (χ3n) is 2.69. The largest absolute Gasteiger partial charge is 0.216 e. The smallest absolute Gasteiger partial charge is 0.163 e. The van der Waals surface area contributed by atoms with E-state index >= 15 is 0 Å². The summed E-state index contributed by atoms with van der Waals surface area (Å²) < 4.78 is 16.1. The molecule has 1 aliphatic carbocycles. The minimum atomic E-state index is -0.306. The molecule has 0 saturated heterocycles. The fourth-order valence-corrected chi connectivity index (χ4v) is 2.11. The molecule has 87 valence electrons. The lowest BCUT2D eigenvalue weighted by Gasteiger charge is -2.06. The Bertz CT molecular complexity index is 575. The SMILES string of the molecule is Cc1nc([C]2CC2)n(-c2cccc(Br)c2F)n1. The molecule has 1 heterocycles. The molecule has 1 radical (unpaired) electrons. The highest BCUT2D eigenvalue weighted by Gasteiger charge is 2.31. The quantitative estimate of drug-likeness (QED) is 0.852. The van der Waals surface area contributed by atoms with Crippen molar-refractivity contribution in [3.05, 3.63) is 46.1 Å². The molecule has 5 heteroatoms. The second-order valence-electron chi connectivity index (χ2n) is 4.07. The lowest BCUT2D eigenvalue weighted by atomic mass is 10.3. The topological polar surface area (TPSA) is 30.7 Å². The highest BCUT2D eigenvalue weighted by Crippen LogP contribution is 2.39. The van der Waals surface area contributed by atoms with Gasteiger partial charge in [-0.3, -0.25) is 0 Å². The molecule has 0 aliphatic heterocycles. The van der Waals surface area contributed by atoms with Crippen LogP contribution in [0.1, 0.15) is 24.5 Å². The summed E-state index contributed by atoms with van der Waals surface area (Å²) in [7, 11) is 0. The summed E-state index contributed by atoms with van der Waals surface area (Å²) in [6, 6.07) is 5.17. The second kappa shape index (κ2) is 3.91. The Morgan fingerprint density at radius 3 is 2.82 bits per heavy atom. The molecule has 17 heavy (non-hydrogen) atoms. The molecule has 0 unspecified atom stereocenters. The average Bonchev–Trinajstić information content (AvgIpc) is 3.06. The number of aryl methyl sites for hydroxylation is 1. The van der Waals surface area contributed by atoms with Crippen LogP contribution in [-0.4, -0.2) is 14.8 Å². The highest BCUT2D eigenvalue weighted by atomic mass is 79.9. The number of hydrogen-bond acceptors (Lipinski definition) is 2. The predicted octanol–water partition coefficient (Wildman–Crippen LogP) is 3.19. The van der Waals surface area contributed by atoms with E-state index in [1.807, 2.05) is 6.92 Å². The van der Waals surface area contributed by atoms with E-state index in [0.29, 0.717) is 16.0 Å². The van der Waals surface area contributed by atoms with Crippen LogP contribution in [-0.2, 0) is 0 Å². The van der Waals surface area contributed by atoms with Gasteiger partial charge in [0.1, 0.15) is 17.3 Å². The van der Waals surface area contributed by atoms with Crippen molar-refractivity contribution < 1.29 is 4.39 Å². The van der Waals surface area contributed by atoms with Crippen molar-refractivity contribution >= 4 is 15.9 Å². The Labute approximate surface area is 107 Å². The van der Waals surface area contributed by atoms with Gasteiger partial charge in [0.2, 0.25) is 0 Å². The van der Waals surface area contributed by atoms with E-state index in [4.69, 9.17) is 0 Å². The first-order valence-corrected chi connectivity index (χ1v) is 6.19. The van der Waals surface area contributed by atoms with Crippen LogP contribution in [0, 0.1) is 18.7 Å². The van der Waals surface area contributed by atoms with Gasteiger partial charge in [-0.1, -0.05) is 6.07 Å². The summed E-state index contributed by atoms with van der Waals surface area (Å²) in [5, 5.41) is 4.27. The lowest BCUT2D eigenvalue weighted by molar-refractivity contribution is 0.601. The molecule has 0 atom stereocenters. The molecule has 0 N–H and O–H groups in total. The van der Waals surface area contributed by atoms with E-state index in [-0.39, 0.29) is 5.82 Å². The molecule has 3 rings (SSSR count). The normalized spacial score (nSPS) is 15.2. The summed E-state index contributed by atoms with van der Waals surface area (Å²) in [6.45, 7) is 1.82. The molecule has 3 nitrogen and oxygen atoms in total. The van der Waals surface area contributed by atoms with Gasteiger partial charge in [-0.15, -0.1) is 0 Å². The zero-order valence-electron chi connectivity index (χ0n) is 9.24. The first-order chi connectivity index (χ1) is 8.16. The van der Waals surface area contributed by atoms with Gasteiger partial charge in [0, 0.05) is 5.92 Å². The van der Waals surface area contributed by atoms with Crippen molar-refractivity contribution in [1.82, 2.24) is 14.8 Å². The van der Waals surface area contributed by atoms with Crippen molar-refractivity contribution in [1.29, 1.82) is 0 Å². The molecule has 1 saturated carbocycles. The third-order valence-corrected chi connectivity index (χ3v) is 3.30. The number of aromatic nitrogens is 3. The van der Waals surface area contributed by atoms with Crippen molar-refractivity contribution in [3.8, 4) is 5.69 Å². The Kier molecular flexibility index (Phi) is 2.50. The van der Waals surface area contributed by atoms with Crippen LogP contribution in [0.5, 0.6) is 0 Å². The van der Waals surface area contributed by atoms with Crippen molar-refractivity contribution in [2.45, 2.75) is 19.8 Å². The van der Waals surface area contributed by atoms with E-state index in [1.165, 1.54) is 5.92 Å². The van der Waals surface area contributed by atoms with Gasteiger partial charge in [-0.2, -0.15) is 5.10 Å². The molecular formula is C12H10BrFN3. The van der Waals surface area contributed by atoms with Crippen molar-refractivity contribution in [2.24, 2.45) is 0 Å². The first kappa shape index (κ1) is 10.9. The van der Waals surface area contributed by atoms with Crippen molar-refractivity contribution in [2.75, 3.05) is 0 Å². The van der Waals surface area contributed by atoms with E-state index in [0.717, 1.165) is 18.7 Å². The maximum absolute atomic E-state index is 14.0. The molecule has 1 aromatic carbocycles. The molecule has 1 aromatic heterocycles. The van der Waals surface area contributed by atoms with Crippen LogP contribution < -0.4 is 0 Å². The molecule has 0 bridgehead atoms. The average molecular weight is 295 g/mol. The van der Waals surface area contributed by atoms with E-state index in [1.54, 1.807) is 22.9 Å². The van der Waals surface area contributed by atoms with E-state index < -0.39 is 0 Å². The molecule has 0 amide bonds. The number of benzene rings is 1. The fourth-order valence-electron chi connectivity index (χ4n) is 1.75. The van der Waals surface area contributed by atoms with Crippen LogP contribution in [0.25, 0.3) is 5.69 Å². The minimum absolute atomic E-state index is 0.306. The maximum atomic E-state index is 14.0. The number of nitrogens with zero attached hydrogens (tertiary/aromatic N) is 3. The van der Waals surface area contributed by atoms with Gasteiger partial charge in [0.15, 0.2) is 5.82 Å². The van der Waals surface area contributed by atoms with Crippen LogP contribution in [0.3, 0.4) is 0 Å². The van der Waals surface area contributed by atoms with Gasteiger partial charge in [0.25, 0.3) is 0 Å². The molecular weight excluding hydrogens is 285 g/mol. The Balaban J connectivity index is 2.17. The van der Waals surface area contributed by atoms with Crippen molar-refractivity contribution in [3.63, 3.8) is 0 Å². The lowest BCUT2D eigenvalue weighted by Crippen LogP contribution is -2.05. The van der Waals surface area contributed by atoms with Crippen LogP contribution in [0.2, 0.25) is 0 Å². The summed E-state index contributed by atoms with van der Waals surface area (Å²) in [5.74, 6) is 2.39. The summed E-state index contributed by atoms with van der Waals surface area (Å²) in [4.78, 5) is 4.35. The van der Waals surface area contributed by atoms with Gasteiger partial charge in [0.05, 0.1) is 4.47 Å². The van der Waals surface area contributed by atoms with Crippen LogP contribution >= 0.6 is 15.9 Å². The monoisotopic (exact) mass is 294 g/mol. The van der Waals surface area contributed by atoms with Gasteiger partial charge >= 0.3 is 0 Å². The minimum Gasteiger partial charge on any atom is -0.216 e. The third kappa shape index (κ3) is 1.88. The van der Waals surface area contributed by atoms with Gasteiger partial charge in [-0.25, -0.2) is 14.1 Å².